The first-order valence-corrected chi connectivity index (χ1v) is 12.9. The van der Waals surface area contributed by atoms with Crippen LogP contribution in [-0.2, 0) is 4.74 Å². The average molecular weight is 529 g/mol. The van der Waals surface area contributed by atoms with Crippen LogP contribution in [0.4, 0.5) is 13.2 Å². The summed E-state index contributed by atoms with van der Waals surface area (Å²) in [7, 11) is 0. The number of ether oxygens (including phenoxy) is 1. The van der Waals surface area contributed by atoms with Crippen LogP contribution >= 0.6 is 0 Å². The van der Waals surface area contributed by atoms with Gasteiger partial charge < -0.3 is 14.0 Å². The zero-order valence-electron chi connectivity index (χ0n) is 22.5. The standard InChI is InChI=1S/C29H35F3N4O2/c1-17(2)24-15-21(7-9-33-24)22-8-10-36-25(22)16-23(29(37)38-18(3)4)19(5)26(36)20(6)34-11-13-35(14-12-34)28(32)27(30)31/h7-10,15-18,27-28H,6,11-14H2,1-5H3. The number of fused-ring (bicyclic) bond motifs is 1. The molecule has 1 aliphatic heterocycles. The van der Waals surface area contributed by atoms with Gasteiger partial charge in [0, 0.05) is 49.8 Å². The molecule has 0 aromatic carbocycles. The van der Waals surface area contributed by atoms with Crippen molar-refractivity contribution >= 4 is 17.2 Å². The Morgan fingerprint density at radius 1 is 1.05 bits per heavy atom. The number of esters is 1. The first kappa shape index (κ1) is 27.7. The normalized spacial score (nSPS) is 15.6. The summed E-state index contributed by atoms with van der Waals surface area (Å²) in [6.45, 7) is 14.9. The lowest BCUT2D eigenvalue weighted by Crippen LogP contribution is -2.50. The van der Waals surface area contributed by atoms with E-state index in [-0.39, 0.29) is 25.1 Å². The van der Waals surface area contributed by atoms with E-state index in [0.717, 1.165) is 32.9 Å². The number of aromatic nitrogens is 2. The monoisotopic (exact) mass is 528 g/mol. The number of hydrogen-bond acceptors (Lipinski definition) is 5. The summed E-state index contributed by atoms with van der Waals surface area (Å²) in [5.74, 6) is -0.175. The Kier molecular flexibility index (Phi) is 8.16. The highest BCUT2D eigenvalue weighted by molar-refractivity contribution is 5.96. The van der Waals surface area contributed by atoms with Crippen molar-refractivity contribution < 1.29 is 22.7 Å². The lowest BCUT2D eigenvalue weighted by molar-refractivity contribution is -0.0604. The van der Waals surface area contributed by atoms with E-state index in [2.05, 4.69) is 31.5 Å². The second kappa shape index (κ2) is 11.2. The molecule has 0 bridgehead atoms. The molecule has 1 aliphatic rings. The van der Waals surface area contributed by atoms with Gasteiger partial charge in [0.2, 0.25) is 6.30 Å². The number of rotatable bonds is 8. The van der Waals surface area contributed by atoms with Crippen molar-refractivity contribution in [2.75, 3.05) is 26.2 Å². The fourth-order valence-electron chi connectivity index (χ4n) is 4.91. The molecular formula is C29H35F3N4O2. The Hall–Kier alpha value is -3.33. The first-order chi connectivity index (χ1) is 18.0. The number of piperazine rings is 1. The molecule has 0 N–H and O–H groups in total. The molecule has 3 aromatic rings. The molecule has 1 saturated heterocycles. The van der Waals surface area contributed by atoms with Crippen molar-refractivity contribution in [2.45, 2.75) is 59.4 Å². The Balaban J connectivity index is 1.79. The summed E-state index contributed by atoms with van der Waals surface area (Å²) < 4.78 is 47.2. The third kappa shape index (κ3) is 5.43. The minimum absolute atomic E-state index is 0.147. The van der Waals surface area contributed by atoms with E-state index in [4.69, 9.17) is 4.74 Å². The Morgan fingerprint density at radius 2 is 1.74 bits per heavy atom. The van der Waals surface area contributed by atoms with Crippen LogP contribution in [0.25, 0.3) is 22.3 Å². The Bertz CT molecular complexity index is 1330. The van der Waals surface area contributed by atoms with Crippen molar-refractivity contribution in [3.8, 4) is 11.1 Å². The molecule has 1 unspecified atom stereocenters. The van der Waals surface area contributed by atoms with Crippen molar-refractivity contribution in [3.63, 3.8) is 0 Å². The quantitative estimate of drug-likeness (QED) is 0.259. The molecule has 1 atom stereocenters. The number of carbonyl (C=O) groups is 1. The summed E-state index contributed by atoms with van der Waals surface area (Å²) >= 11 is 0. The fraction of sp³-hybridized carbons (Fsp3) is 0.448. The lowest BCUT2D eigenvalue weighted by Gasteiger charge is -2.38. The fourth-order valence-corrected chi connectivity index (χ4v) is 4.91. The maximum Gasteiger partial charge on any atom is 0.338 e. The molecular weight excluding hydrogens is 493 g/mol. The summed E-state index contributed by atoms with van der Waals surface area (Å²) in [6, 6.07) is 7.83. The zero-order chi connectivity index (χ0) is 27.7. The van der Waals surface area contributed by atoms with Gasteiger partial charge in [0.05, 0.1) is 28.6 Å². The van der Waals surface area contributed by atoms with Gasteiger partial charge in [-0.15, -0.1) is 0 Å². The molecule has 0 amide bonds. The molecule has 204 valence electrons. The van der Waals surface area contributed by atoms with Gasteiger partial charge in [-0.2, -0.15) is 0 Å². The maximum absolute atomic E-state index is 13.9. The average Bonchev–Trinajstić information content (AvgIpc) is 3.30. The molecule has 3 aromatic heterocycles. The number of hydrogen-bond donors (Lipinski definition) is 0. The largest absolute Gasteiger partial charge is 0.459 e. The summed E-state index contributed by atoms with van der Waals surface area (Å²) in [5.41, 5.74) is 6.18. The molecule has 0 saturated carbocycles. The summed E-state index contributed by atoms with van der Waals surface area (Å²) in [5, 5.41) is 0. The number of halogens is 3. The predicted molar refractivity (Wildman–Crippen MR) is 143 cm³/mol. The third-order valence-corrected chi connectivity index (χ3v) is 6.98. The SMILES string of the molecule is C=C(c1c(C)c(C(=O)OC(C)C)cc2c(-c3ccnc(C(C)C)c3)ccn12)N1CCN(C(F)C(F)F)CC1. The second-order valence-electron chi connectivity index (χ2n) is 10.3. The van der Waals surface area contributed by atoms with Gasteiger partial charge in [0.1, 0.15) is 0 Å². The molecule has 0 spiro atoms. The van der Waals surface area contributed by atoms with Crippen LogP contribution in [-0.4, -0.2) is 70.2 Å². The van der Waals surface area contributed by atoms with E-state index in [1.165, 1.54) is 0 Å². The van der Waals surface area contributed by atoms with Crippen LogP contribution in [0.15, 0.2) is 43.2 Å². The number of carbonyl (C=O) groups excluding carboxylic acids is 1. The smallest absolute Gasteiger partial charge is 0.338 e. The molecule has 0 aliphatic carbocycles. The van der Waals surface area contributed by atoms with Crippen molar-refractivity contribution in [1.82, 2.24) is 19.2 Å². The van der Waals surface area contributed by atoms with Crippen LogP contribution in [0.2, 0.25) is 0 Å². The molecule has 4 heterocycles. The number of pyridine rings is 2. The van der Waals surface area contributed by atoms with Crippen LogP contribution in [0.1, 0.15) is 60.9 Å². The minimum Gasteiger partial charge on any atom is -0.459 e. The van der Waals surface area contributed by atoms with Gasteiger partial charge >= 0.3 is 5.97 Å². The minimum atomic E-state index is -3.04. The summed E-state index contributed by atoms with van der Waals surface area (Å²) in [4.78, 5) is 20.7. The third-order valence-electron chi connectivity index (χ3n) is 6.98. The van der Waals surface area contributed by atoms with Gasteiger partial charge in [-0.3, -0.25) is 9.88 Å². The molecule has 1 fully saturated rings. The van der Waals surface area contributed by atoms with Gasteiger partial charge in [-0.1, -0.05) is 20.4 Å². The van der Waals surface area contributed by atoms with Crippen LogP contribution in [0.3, 0.4) is 0 Å². The number of nitrogens with zero attached hydrogens (tertiary/aromatic N) is 4. The van der Waals surface area contributed by atoms with Gasteiger partial charge in [0.25, 0.3) is 6.43 Å². The highest BCUT2D eigenvalue weighted by atomic mass is 19.3. The van der Waals surface area contributed by atoms with Crippen LogP contribution in [0, 0.1) is 6.92 Å². The van der Waals surface area contributed by atoms with E-state index < -0.39 is 18.7 Å². The van der Waals surface area contributed by atoms with Crippen LogP contribution < -0.4 is 0 Å². The van der Waals surface area contributed by atoms with Crippen molar-refractivity contribution in [1.29, 1.82) is 0 Å². The van der Waals surface area contributed by atoms with E-state index in [9.17, 15) is 18.0 Å². The molecule has 4 rings (SSSR count). The van der Waals surface area contributed by atoms with Gasteiger partial charge in [-0.25, -0.2) is 18.0 Å². The van der Waals surface area contributed by atoms with E-state index in [0.29, 0.717) is 29.9 Å². The van der Waals surface area contributed by atoms with E-state index in [1.807, 2.05) is 40.6 Å². The molecule has 6 nitrogen and oxygen atoms in total. The van der Waals surface area contributed by atoms with E-state index >= 15 is 0 Å². The Labute approximate surface area is 221 Å². The van der Waals surface area contributed by atoms with Crippen molar-refractivity contribution in [3.05, 3.63) is 65.8 Å². The second-order valence-corrected chi connectivity index (χ2v) is 10.3. The first-order valence-electron chi connectivity index (χ1n) is 12.9. The molecule has 38 heavy (non-hydrogen) atoms. The van der Waals surface area contributed by atoms with Gasteiger partial charge in [0.15, 0.2) is 0 Å². The highest BCUT2D eigenvalue weighted by Gasteiger charge is 2.31. The van der Waals surface area contributed by atoms with Crippen molar-refractivity contribution in [2.24, 2.45) is 0 Å². The number of alkyl halides is 3. The lowest BCUT2D eigenvalue weighted by atomic mass is 10.00. The van der Waals surface area contributed by atoms with E-state index in [1.54, 1.807) is 20.0 Å². The maximum atomic E-state index is 13.9. The highest BCUT2D eigenvalue weighted by Crippen LogP contribution is 2.34. The topological polar surface area (TPSA) is 50.1 Å². The zero-order valence-corrected chi connectivity index (χ0v) is 22.5. The van der Waals surface area contributed by atoms with Crippen LogP contribution in [0.5, 0.6) is 0 Å². The molecule has 0 radical (unpaired) electrons. The molecule has 9 heteroatoms. The Morgan fingerprint density at radius 3 is 2.34 bits per heavy atom. The van der Waals surface area contributed by atoms with Gasteiger partial charge in [-0.05, 0) is 62.1 Å². The predicted octanol–water partition coefficient (Wildman–Crippen LogP) is 6.15. The summed E-state index contributed by atoms with van der Waals surface area (Å²) in [6.07, 6.45) is -1.89.